The van der Waals surface area contributed by atoms with Crippen LogP contribution in [-0.2, 0) is 14.8 Å². The molecule has 0 radical (unpaired) electrons. The van der Waals surface area contributed by atoms with E-state index in [1.807, 2.05) is 41.3 Å². The number of carbonyl (C=O) groups is 1. The fraction of sp³-hybridized carbons (Fsp3) is 0.381. The number of rotatable bonds is 6. The first-order valence-electron chi connectivity index (χ1n) is 9.27. The van der Waals surface area contributed by atoms with Crippen LogP contribution in [0.5, 0.6) is 0 Å². The van der Waals surface area contributed by atoms with Crippen molar-refractivity contribution in [2.75, 3.05) is 19.3 Å². The van der Waals surface area contributed by atoms with Crippen molar-refractivity contribution in [1.82, 2.24) is 9.62 Å². The highest BCUT2D eigenvalue weighted by Gasteiger charge is 2.27. The van der Waals surface area contributed by atoms with Crippen LogP contribution >= 0.6 is 0 Å². The standard InChI is InChI=1S/C21H26N2O3S/c1-27(25,26)22-19-12-14-23(15-13-19)21(24)16-20(17-8-4-2-5-9-17)18-10-6-3-7-11-18/h2-11,19-20,22H,12-16H2,1H3. The van der Waals surface area contributed by atoms with Gasteiger partial charge in [-0.15, -0.1) is 0 Å². The Hall–Kier alpha value is -2.18. The zero-order valence-electron chi connectivity index (χ0n) is 15.5. The lowest BCUT2D eigenvalue weighted by atomic mass is 9.88. The molecule has 1 aliphatic rings. The number of nitrogens with one attached hydrogen (secondary N) is 1. The Balaban J connectivity index is 1.67. The number of nitrogens with zero attached hydrogens (tertiary/aromatic N) is 1. The molecule has 0 saturated carbocycles. The molecule has 0 atom stereocenters. The van der Waals surface area contributed by atoms with Crippen LogP contribution in [0, 0.1) is 0 Å². The van der Waals surface area contributed by atoms with Crippen LogP contribution in [0.3, 0.4) is 0 Å². The van der Waals surface area contributed by atoms with Crippen molar-refractivity contribution in [3.8, 4) is 0 Å². The number of piperidine rings is 1. The number of benzene rings is 2. The van der Waals surface area contributed by atoms with Crippen molar-refractivity contribution >= 4 is 15.9 Å². The Morgan fingerprint density at radius 2 is 1.48 bits per heavy atom. The summed E-state index contributed by atoms with van der Waals surface area (Å²) in [6.07, 6.45) is 2.90. The number of hydrogen-bond donors (Lipinski definition) is 1. The summed E-state index contributed by atoms with van der Waals surface area (Å²) < 4.78 is 25.4. The van der Waals surface area contributed by atoms with Crippen molar-refractivity contribution in [3.63, 3.8) is 0 Å². The van der Waals surface area contributed by atoms with Crippen molar-refractivity contribution in [2.45, 2.75) is 31.2 Å². The molecule has 0 aromatic heterocycles. The summed E-state index contributed by atoms with van der Waals surface area (Å²) in [6.45, 7) is 1.17. The van der Waals surface area contributed by atoms with Crippen molar-refractivity contribution in [3.05, 3.63) is 71.8 Å². The maximum absolute atomic E-state index is 12.9. The van der Waals surface area contributed by atoms with E-state index in [4.69, 9.17) is 0 Å². The van der Waals surface area contributed by atoms with Crippen LogP contribution in [0.25, 0.3) is 0 Å². The third-order valence-corrected chi connectivity index (χ3v) is 5.77. The maximum Gasteiger partial charge on any atom is 0.223 e. The topological polar surface area (TPSA) is 66.5 Å². The molecule has 0 spiro atoms. The lowest BCUT2D eigenvalue weighted by Gasteiger charge is -2.33. The second kappa shape index (κ2) is 8.67. The van der Waals surface area contributed by atoms with Gasteiger partial charge in [-0.05, 0) is 24.0 Å². The largest absolute Gasteiger partial charge is 0.343 e. The van der Waals surface area contributed by atoms with E-state index in [2.05, 4.69) is 29.0 Å². The van der Waals surface area contributed by atoms with Crippen LogP contribution in [0.2, 0.25) is 0 Å². The Kier molecular flexibility index (Phi) is 6.29. The van der Waals surface area contributed by atoms with Crippen molar-refractivity contribution < 1.29 is 13.2 Å². The van der Waals surface area contributed by atoms with Crippen molar-refractivity contribution in [2.24, 2.45) is 0 Å². The summed E-state index contributed by atoms with van der Waals surface area (Å²) in [4.78, 5) is 14.8. The fourth-order valence-electron chi connectivity index (χ4n) is 3.65. The monoisotopic (exact) mass is 386 g/mol. The van der Waals surface area contributed by atoms with Gasteiger partial charge in [-0.2, -0.15) is 0 Å². The first kappa shape index (κ1) is 19.6. The zero-order chi connectivity index (χ0) is 19.3. The van der Waals surface area contributed by atoms with E-state index in [1.54, 1.807) is 0 Å². The van der Waals surface area contributed by atoms with Gasteiger partial charge in [-0.25, -0.2) is 13.1 Å². The van der Waals surface area contributed by atoms with Gasteiger partial charge < -0.3 is 4.90 Å². The summed E-state index contributed by atoms with van der Waals surface area (Å²) in [6, 6.07) is 20.1. The summed E-state index contributed by atoms with van der Waals surface area (Å²) in [5, 5.41) is 0. The maximum atomic E-state index is 12.9. The summed E-state index contributed by atoms with van der Waals surface area (Å²) in [7, 11) is -3.21. The highest BCUT2D eigenvalue weighted by Crippen LogP contribution is 2.29. The molecule has 1 heterocycles. The van der Waals surface area contributed by atoms with Gasteiger partial charge in [0.15, 0.2) is 0 Å². The molecular weight excluding hydrogens is 360 g/mol. The number of amides is 1. The average Bonchev–Trinajstić information content (AvgIpc) is 2.66. The van der Waals surface area contributed by atoms with Gasteiger partial charge in [0.1, 0.15) is 0 Å². The molecule has 3 rings (SSSR count). The fourth-order valence-corrected chi connectivity index (χ4v) is 4.49. The minimum absolute atomic E-state index is 0.0202. The van der Waals surface area contributed by atoms with E-state index >= 15 is 0 Å². The molecule has 2 aromatic carbocycles. The molecule has 1 aliphatic heterocycles. The Labute approximate surface area is 161 Å². The molecule has 1 saturated heterocycles. The van der Waals surface area contributed by atoms with Gasteiger partial charge in [0.05, 0.1) is 6.26 Å². The smallest absolute Gasteiger partial charge is 0.223 e. The highest BCUT2D eigenvalue weighted by atomic mass is 32.2. The van der Waals surface area contributed by atoms with Gasteiger partial charge in [0.2, 0.25) is 15.9 Å². The van der Waals surface area contributed by atoms with E-state index in [0.29, 0.717) is 32.4 Å². The summed E-state index contributed by atoms with van der Waals surface area (Å²) in [5.41, 5.74) is 2.26. The van der Waals surface area contributed by atoms with Gasteiger partial charge in [0.25, 0.3) is 0 Å². The normalized spacial score (nSPS) is 15.9. The molecule has 6 heteroatoms. The second-order valence-corrected chi connectivity index (χ2v) is 8.90. The third-order valence-electron chi connectivity index (χ3n) is 5.01. The van der Waals surface area contributed by atoms with E-state index < -0.39 is 10.0 Å². The molecule has 27 heavy (non-hydrogen) atoms. The molecule has 1 N–H and O–H groups in total. The Morgan fingerprint density at radius 1 is 1.00 bits per heavy atom. The minimum Gasteiger partial charge on any atom is -0.343 e. The molecule has 0 aliphatic carbocycles. The average molecular weight is 387 g/mol. The van der Waals surface area contributed by atoms with Gasteiger partial charge in [-0.3, -0.25) is 4.79 Å². The predicted octanol–water partition coefficient (Wildman–Crippen LogP) is 2.75. The van der Waals surface area contributed by atoms with Gasteiger partial charge in [-0.1, -0.05) is 60.7 Å². The first-order chi connectivity index (χ1) is 12.9. The van der Waals surface area contributed by atoms with E-state index in [1.165, 1.54) is 6.26 Å². The van der Waals surface area contributed by atoms with Crippen LogP contribution in [0.4, 0.5) is 0 Å². The first-order valence-corrected chi connectivity index (χ1v) is 11.2. The molecule has 1 fully saturated rings. The quantitative estimate of drug-likeness (QED) is 0.830. The number of likely N-dealkylation sites (tertiary alicyclic amines) is 1. The third kappa shape index (κ3) is 5.65. The Morgan fingerprint density at radius 3 is 1.93 bits per heavy atom. The highest BCUT2D eigenvalue weighted by molar-refractivity contribution is 7.88. The summed E-state index contributed by atoms with van der Waals surface area (Å²) in [5.74, 6) is 0.136. The van der Waals surface area contributed by atoms with Gasteiger partial charge >= 0.3 is 0 Å². The molecule has 0 bridgehead atoms. The van der Waals surface area contributed by atoms with Crippen molar-refractivity contribution in [1.29, 1.82) is 0 Å². The lowest BCUT2D eigenvalue weighted by molar-refractivity contribution is -0.132. The van der Waals surface area contributed by atoms with Crippen LogP contribution in [0.15, 0.2) is 60.7 Å². The molecule has 2 aromatic rings. The molecular formula is C21H26N2O3S. The minimum atomic E-state index is -3.21. The SMILES string of the molecule is CS(=O)(=O)NC1CCN(C(=O)CC(c2ccccc2)c2ccccc2)CC1. The van der Waals surface area contributed by atoms with E-state index in [9.17, 15) is 13.2 Å². The van der Waals surface area contributed by atoms with Crippen LogP contribution in [-0.4, -0.2) is 44.6 Å². The molecule has 0 unspecified atom stereocenters. The molecule has 5 nitrogen and oxygen atoms in total. The Bertz CT molecular complexity index is 806. The van der Waals surface area contributed by atoms with E-state index in [-0.39, 0.29) is 17.9 Å². The summed E-state index contributed by atoms with van der Waals surface area (Å²) >= 11 is 0. The number of hydrogen-bond acceptors (Lipinski definition) is 3. The second-order valence-electron chi connectivity index (χ2n) is 7.12. The lowest BCUT2D eigenvalue weighted by Crippen LogP contribution is -2.46. The number of sulfonamides is 1. The molecule has 1 amide bonds. The van der Waals surface area contributed by atoms with Gasteiger partial charge in [0, 0.05) is 31.5 Å². The molecule has 144 valence electrons. The van der Waals surface area contributed by atoms with Crippen LogP contribution in [0.1, 0.15) is 36.3 Å². The zero-order valence-corrected chi connectivity index (χ0v) is 16.4. The van der Waals surface area contributed by atoms with Crippen LogP contribution < -0.4 is 4.72 Å². The predicted molar refractivity (Wildman–Crippen MR) is 107 cm³/mol. The number of carbonyl (C=O) groups excluding carboxylic acids is 1. The van der Waals surface area contributed by atoms with E-state index in [0.717, 1.165) is 11.1 Å².